The predicted octanol–water partition coefficient (Wildman–Crippen LogP) is 4.37. The largest absolute Gasteiger partial charge is 0.339 e. The molecule has 0 bridgehead atoms. The number of Topliss-reactive ketones (excluding diaryl/α,β-unsaturated/α-hetero) is 1. The van der Waals surface area contributed by atoms with Crippen molar-refractivity contribution in [3.63, 3.8) is 0 Å². The van der Waals surface area contributed by atoms with Gasteiger partial charge < -0.3 is 14.8 Å². The first kappa shape index (κ1) is 29.4. The van der Waals surface area contributed by atoms with Gasteiger partial charge in [0.25, 0.3) is 5.91 Å². The minimum atomic E-state index is -0.397. The average Bonchev–Trinajstić information content (AvgIpc) is 3.54. The number of ketones is 1. The summed E-state index contributed by atoms with van der Waals surface area (Å²) in [4.78, 5) is 43.2. The van der Waals surface area contributed by atoms with Crippen LogP contribution in [0.1, 0.15) is 59.5 Å². The van der Waals surface area contributed by atoms with Gasteiger partial charge in [0.2, 0.25) is 5.91 Å². The molecule has 0 unspecified atom stereocenters. The summed E-state index contributed by atoms with van der Waals surface area (Å²) in [5.41, 5.74) is 2.36. The molecule has 220 valence electrons. The normalized spacial score (nSPS) is 14.0. The molecule has 0 aliphatic carbocycles. The minimum Gasteiger partial charge on any atom is -0.339 e. The van der Waals surface area contributed by atoms with Crippen molar-refractivity contribution in [3.05, 3.63) is 64.6 Å². The lowest BCUT2D eigenvalue weighted by molar-refractivity contribution is -0.133. The van der Waals surface area contributed by atoms with Crippen LogP contribution in [0.15, 0.2) is 42.7 Å². The van der Waals surface area contributed by atoms with E-state index in [1.165, 1.54) is 0 Å². The number of amides is 2. The van der Waals surface area contributed by atoms with Gasteiger partial charge in [-0.1, -0.05) is 25.4 Å². The molecule has 5 rings (SSSR count). The molecule has 3 aromatic heterocycles. The van der Waals surface area contributed by atoms with Gasteiger partial charge in [-0.25, -0.2) is 4.68 Å². The van der Waals surface area contributed by atoms with Gasteiger partial charge in [-0.2, -0.15) is 5.10 Å². The van der Waals surface area contributed by atoms with Gasteiger partial charge in [-0.15, -0.1) is 10.2 Å². The van der Waals surface area contributed by atoms with E-state index in [9.17, 15) is 14.4 Å². The summed E-state index contributed by atoms with van der Waals surface area (Å²) < 4.78 is 3.35. The minimum absolute atomic E-state index is 0.0138. The zero-order valence-electron chi connectivity index (χ0n) is 24.1. The summed E-state index contributed by atoms with van der Waals surface area (Å²) in [6.45, 7) is 10.2. The Balaban J connectivity index is 1.31. The van der Waals surface area contributed by atoms with Gasteiger partial charge in [-0.3, -0.25) is 19.3 Å². The fourth-order valence-corrected chi connectivity index (χ4v) is 5.50. The highest BCUT2D eigenvalue weighted by atomic mass is 35.5. The van der Waals surface area contributed by atoms with Crippen molar-refractivity contribution >= 4 is 45.9 Å². The topological polar surface area (TPSA) is 118 Å². The number of fused-ring (bicyclic) bond motifs is 1. The summed E-state index contributed by atoms with van der Waals surface area (Å²) in [5, 5.41) is 16.6. The van der Waals surface area contributed by atoms with E-state index in [1.807, 2.05) is 24.8 Å². The number of benzene rings is 1. The molecule has 0 atom stereocenters. The van der Waals surface area contributed by atoms with Crippen LogP contribution in [-0.4, -0.2) is 84.7 Å². The first-order chi connectivity index (χ1) is 20.3. The lowest BCUT2D eigenvalue weighted by atomic mass is 10.1. The van der Waals surface area contributed by atoms with E-state index in [0.717, 1.165) is 38.0 Å². The van der Waals surface area contributed by atoms with Crippen molar-refractivity contribution in [1.82, 2.24) is 34.3 Å². The molecule has 0 saturated carbocycles. The van der Waals surface area contributed by atoms with E-state index < -0.39 is 5.91 Å². The van der Waals surface area contributed by atoms with Crippen molar-refractivity contribution in [3.8, 4) is 5.82 Å². The molecule has 0 spiro atoms. The summed E-state index contributed by atoms with van der Waals surface area (Å²) in [7, 11) is 0. The Kier molecular flexibility index (Phi) is 8.98. The number of rotatable bonds is 10. The van der Waals surface area contributed by atoms with Gasteiger partial charge in [0.1, 0.15) is 6.54 Å². The van der Waals surface area contributed by atoms with Crippen LogP contribution in [0.3, 0.4) is 0 Å². The monoisotopic (exact) mass is 590 g/mol. The maximum Gasteiger partial charge on any atom is 0.259 e. The van der Waals surface area contributed by atoms with E-state index in [0.29, 0.717) is 52.6 Å². The number of carbonyl (C=O) groups excluding carboxylic acids is 3. The van der Waals surface area contributed by atoms with Gasteiger partial charge in [0.05, 0.1) is 23.0 Å². The molecule has 12 heteroatoms. The number of hydrogen-bond acceptors (Lipinski definition) is 7. The first-order valence-electron chi connectivity index (χ1n) is 14.3. The highest BCUT2D eigenvalue weighted by Crippen LogP contribution is 2.26. The molecule has 42 heavy (non-hydrogen) atoms. The number of nitrogens with zero attached hydrogens (tertiary/aromatic N) is 7. The Labute approximate surface area is 249 Å². The zero-order valence-corrected chi connectivity index (χ0v) is 24.9. The molecule has 1 aliphatic rings. The molecule has 1 aromatic carbocycles. The third-order valence-electron chi connectivity index (χ3n) is 7.55. The highest BCUT2D eigenvalue weighted by molar-refractivity contribution is 6.31. The Morgan fingerprint density at radius 1 is 0.976 bits per heavy atom. The van der Waals surface area contributed by atoms with Crippen LogP contribution in [-0.2, 0) is 11.3 Å². The number of hydrogen-bond donors (Lipinski definition) is 1. The molecule has 1 N–H and O–H groups in total. The average molecular weight is 591 g/mol. The second kappa shape index (κ2) is 12.8. The number of halogens is 1. The van der Waals surface area contributed by atoms with Crippen LogP contribution in [0, 0.1) is 6.92 Å². The third kappa shape index (κ3) is 6.22. The second-order valence-electron chi connectivity index (χ2n) is 10.5. The predicted molar refractivity (Wildman–Crippen MR) is 161 cm³/mol. The standard InChI is InChI=1S/C30H35ClN8O3/c1-4-6-26(40)23-17-32-39(20(23)3)28-10-9-27(34-35-28)33-30(42)24-18-38(25-8-7-21(31)16-22(24)25)19-29(41)37-14-12-36(11-5-2)13-15-37/h7-10,16-18H,4-6,11-15,19H2,1-3H3,(H,33,34,42). The molecule has 1 fully saturated rings. The summed E-state index contributed by atoms with van der Waals surface area (Å²) in [5.74, 6) is 0.332. The molecule has 1 aliphatic heterocycles. The Morgan fingerprint density at radius 2 is 1.76 bits per heavy atom. The summed E-state index contributed by atoms with van der Waals surface area (Å²) in [6.07, 6.45) is 5.54. The van der Waals surface area contributed by atoms with Gasteiger partial charge >= 0.3 is 0 Å². The lowest BCUT2D eigenvalue weighted by Crippen LogP contribution is -2.49. The van der Waals surface area contributed by atoms with Crippen molar-refractivity contribution in [2.24, 2.45) is 0 Å². The van der Waals surface area contributed by atoms with Gasteiger partial charge in [0, 0.05) is 54.7 Å². The maximum absolute atomic E-state index is 13.4. The van der Waals surface area contributed by atoms with Crippen LogP contribution >= 0.6 is 11.6 Å². The number of anilines is 1. The molecule has 0 radical (unpaired) electrons. The first-order valence-corrected chi connectivity index (χ1v) is 14.7. The summed E-state index contributed by atoms with van der Waals surface area (Å²) in [6, 6.07) is 8.60. The van der Waals surface area contributed by atoms with E-state index >= 15 is 0 Å². The van der Waals surface area contributed by atoms with E-state index in [-0.39, 0.29) is 24.1 Å². The fourth-order valence-electron chi connectivity index (χ4n) is 5.33. The SMILES string of the molecule is CCCC(=O)c1cnn(-c2ccc(NC(=O)c3cn(CC(=O)N4CCN(CCC)CC4)c4ccc(Cl)cc34)nn2)c1C. The molecular formula is C30H35ClN8O3. The fraction of sp³-hybridized carbons (Fsp3) is 0.400. The Morgan fingerprint density at radius 3 is 2.45 bits per heavy atom. The molecule has 4 aromatic rings. The van der Waals surface area contributed by atoms with Crippen LogP contribution in [0.2, 0.25) is 5.02 Å². The summed E-state index contributed by atoms with van der Waals surface area (Å²) >= 11 is 6.29. The number of piperazine rings is 1. The smallest absolute Gasteiger partial charge is 0.259 e. The van der Waals surface area contributed by atoms with Gasteiger partial charge in [-0.05, 0) is 56.6 Å². The molecule has 11 nitrogen and oxygen atoms in total. The van der Waals surface area contributed by atoms with E-state index in [2.05, 4.69) is 32.4 Å². The van der Waals surface area contributed by atoms with Crippen molar-refractivity contribution in [1.29, 1.82) is 0 Å². The van der Waals surface area contributed by atoms with Crippen LogP contribution in [0.5, 0.6) is 0 Å². The van der Waals surface area contributed by atoms with E-state index in [1.54, 1.807) is 45.9 Å². The lowest BCUT2D eigenvalue weighted by Gasteiger charge is -2.34. The van der Waals surface area contributed by atoms with Crippen LogP contribution in [0.4, 0.5) is 5.82 Å². The highest BCUT2D eigenvalue weighted by Gasteiger charge is 2.23. The maximum atomic E-state index is 13.4. The Bertz CT molecular complexity index is 1600. The number of aromatic nitrogens is 5. The second-order valence-corrected chi connectivity index (χ2v) is 11.0. The molecular weight excluding hydrogens is 556 g/mol. The van der Waals surface area contributed by atoms with Crippen LogP contribution in [0.25, 0.3) is 16.7 Å². The van der Waals surface area contributed by atoms with E-state index in [4.69, 9.17) is 11.6 Å². The molecule has 1 saturated heterocycles. The van der Waals surface area contributed by atoms with Crippen LogP contribution < -0.4 is 5.32 Å². The third-order valence-corrected chi connectivity index (χ3v) is 7.79. The molecule has 2 amide bonds. The quantitative estimate of drug-likeness (QED) is 0.272. The Hall–Kier alpha value is -4.09. The zero-order chi connectivity index (χ0) is 29.8. The molecule has 4 heterocycles. The van der Waals surface area contributed by atoms with Crippen molar-refractivity contribution < 1.29 is 14.4 Å². The van der Waals surface area contributed by atoms with Crippen molar-refractivity contribution in [2.45, 2.75) is 46.6 Å². The van der Waals surface area contributed by atoms with Gasteiger partial charge in [0.15, 0.2) is 17.4 Å². The van der Waals surface area contributed by atoms with Crippen molar-refractivity contribution in [2.75, 3.05) is 38.0 Å². The number of carbonyl (C=O) groups is 3. The number of nitrogens with one attached hydrogen (secondary N) is 1.